The van der Waals surface area contributed by atoms with Crippen molar-refractivity contribution in [2.45, 2.75) is 64.3 Å². The van der Waals surface area contributed by atoms with Crippen LogP contribution in [0.2, 0.25) is 0 Å². The summed E-state index contributed by atoms with van der Waals surface area (Å²) in [6.45, 7) is 4.85. The quantitative estimate of drug-likeness (QED) is 0.426. The first kappa shape index (κ1) is 23.8. The first-order chi connectivity index (χ1) is 16.5. The van der Waals surface area contributed by atoms with Gasteiger partial charge in [-0.1, -0.05) is 62.5 Å². The second kappa shape index (κ2) is 11.2. The monoisotopic (exact) mass is 462 g/mol. The summed E-state index contributed by atoms with van der Waals surface area (Å²) in [7, 11) is 1.63. The summed E-state index contributed by atoms with van der Waals surface area (Å²) in [6.07, 6.45) is 6.09. The third kappa shape index (κ3) is 5.95. The van der Waals surface area contributed by atoms with Crippen molar-refractivity contribution < 1.29 is 14.1 Å². The van der Waals surface area contributed by atoms with Crippen LogP contribution in [0.3, 0.4) is 0 Å². The van der Waals surface area contributed by atoms with Gasteiger partial charge in [0, 0.05) is 30.3 Å². The van der Waals surface area contributed by atoms with Crippen molar-refractivity contribution in [1.29, 1.82) is 0 Å². The normalized spacial score (nSPS) is 14.2. The second-order valence-corrected chi connectivity index (χ2v) is 9.19. The Morgan fingerprint density at radius 2 is 1.91 bits per heavy atom. The van der Waals surface area contributed by atoms with E-state index in [4.69, 9.17) is 9.26 Å². The van der Waals surface area contributed by atoms with Crippen molar-refractivity contribution in [1.82, 2.24) is 15.0 Å². The number of rotatable bonds is 8. The fraction of sp³-hybridized carbons (Fsp3) is 0.444. The molecule has 1 N–H and O–H groups in total. The maximum atomic E-state index is 13.3. The molecule has 34 heavy (non-hydrogen) atoms. The highest BCUT2D eigenvalue weighted by Crippen LogP contribution is 2.25. The number of aromatic nitrogens is 2. The van der Waals surface area contributed by atoms with Crippen LogP contribution < -0.4 is 10.1 Å². The number of amides is 2. The molecule has 2 aromatic carbocycles. The van der Waals surface area contributed by atoms with Gasteiger partial charge in [-0.25, -0.2) is 4.79 Å². The predicted octanol–water partition coefficient (Wildman–Crippen LogP) is 6.28. The van der Waals surface area contributed by atoms with Crippen molar-refractivity contribution in [2.75, 3.05) is 19.0 Å². The molecular weight excluding hydrogens is 428 g/mol. The molecule has 4 rings (SSSR count). The number of carbonyl (C=O) groups excluding carboxylic acids is 1. The Balaban J connectivity index is 1.44. The molecule has 0 saturated heterocycles. The smallest absolute Gasteiger partial charge is 0.322 e. The predicted molar refractivity (Wildman–Crippen MR) is 133 cm³/mol. The van der Waals surface area contributed by atoms with Crippen LogP contribution in [0, 0.1) is 0 Å². The molecule has 2 amide bonds. The summed E-state index contributed by atoms with van der Waals surface area (Å²) in [5, 5.41) is 7.22. The van der Waals surface area contributed by atoms with E-state index in [1.807, 2.05) is 41.3 Å². The number of nitrogens with one attached hydrogen (secondary N) is 1. The zero-order valence-electron chi connectivity index (χ0n) is 20.3. The van der Waals surface area contributed by atoms with Gasteiger partial charge in [-0.05, 0) is 48.6 Å². The summed E-state index contributed by atoms with van der Waals surface area (Å²) in [6, 6.07) is 15.8. The number of carbonyl (C=O) groups is 1. The highest BCUT2D eigenvalue weighted by molar-refractivity contribution is 5.89. The molecular formula is C27H34N4O3. The highest BCUT2D eigenvalue weighted by Gasteiger charge is 2.26. The van der Waals surface area contributed by atoms with Gasteiger partial charge in [-0.2, -0.15) is 4.98 Å². The van der Waals surface area contributed by atoms with Crippen LogP contribution >= 0.6 is 0 Å². The minimum atomic E-state index is -0.0725. The molecule has 1 fully saturated rings. The number of hydrogen-bond acceptors (Lipinski definition) is 5. The molecule has 1 heterocycles. The molecule has 7 heteroatoms. The van der Waals surface area contributed by atoms with E-state index in [0.29, 0.717) is 30.6 Å². The number of urea groups is 1. The Kier molecular flexibility index (Phi) is 7.83. The van der Waals surface area contributed by atoms with Crippen molar-refractivity contribution in [3.63, 3.8) is 0 Å². The fourth-order valence-electron chi connectivity index (χ4n) is 4.44. The Morgan fingerprint density at radius 1 is 1.15 bits per heavy atom. The van der Waals surface area contributed by atoms with Crippen LogP contribution in [0.4, 0.5) is 10.5 Å². The van der Waals surface area contributed by atoms with Gasteiger partial charge in [-0.3, -0.25) is 0 Å². The summed E-state index contributed by atoms with van der Waals surface area (Å²) >= 11 is 0. The Morgan fingerprint density at radius 3 is 2.62 bits per heavy atom. The van der Waals surface area contributed by atoms with Crippen molar-refractivity contribution in [3.8, 4) is 17.1 Å². The standard InChI is InChI=1S/C27H34N4O3/c1-19(2)20-12-14-22(15-13-20)28-27(32)31(23-9-5-4-6-10-23)17-16-25-29-26(30-34-25)21-8-7-11-24(18-21)33-3/h7-8,11-15,18-19,23H,4-6,9-10,16-17H2,1-3H3,(H,28,32). The third-order valence-corrected chi connectivity index (χ3v) is 6.47. The third-order valence-electron chi connectivity index (χ3n) is 6.47. The maximum absolute atomic E-state index is 13.3. The van der Waals surface area contributed by atoms with Gasteiger partial charge in [0.1, 0.15) is 5.75 Å². The molecule has 0 bridgehead atoms. The number of benzene rings is 2. The van der Waals surface area contributed by atoms with E-state index < -0.39 is 0 Å². The van der Waals surface area contributed by atoms with E-state index in [-0.39, 0.29) is 12.1 Å². The largest absolute Gasteiger partial charge is 0.497 e. The average molecular weight is 463 g/mol. The SMILES string of the molecule is COc1cccc(-c2noc(CCN(C(=O)Nc3ccc(C(C)C)cc3)C3CCCCC3)n2)c1. The number of hydrogen-bond donors (Lipinski definition) is 1. The maximum Gasteiger partial charge on any atom is 0.322 e. The minimum Gasteiger partial charge on any atom is -0.497 e. The zero-order valence-corrected chi connectivity index (χ0v) is 20.3. The van der Waals surface area contributed by atoms with Crippen LogP contribution in [0.5, 0.6) is 5.75 Å². The zero-order chi connectivity index (χ0) is 23.9. The van der Waals surface area contributed by atoms with E-state index in [0.717, 1.165) is 42.7 Å². The lowest BCUT2D eigenvalue weighted by atomic mass is 9.94. The first-order valence-corrected chi connectivity index (χ1v) is 12.2. The summed E-state index contributed by atoms with van der Waals surface area (Å²) in [5.74, 6) is 2.24. The highest BCUT2D eigenvalue weighted by atomic mass is 16.5. The van der Waals surface area contributed by atoms with Gasteiger partial charge in [-0.15, -0.1) is 0 Å². The molecule has 0 unspecified atom stereocenters. The molecule has 0 aliphatic heterocycles. The lowest BCUT2D eigenvalue weighted by Crippen LogP contribution is -2.45. The lowest BCUT2D eigenvalue weighted by Gasteiger charge is -2.34. The Bertz CT molecular complexity index is 1070. The van der Waals surface area contributed by atoms with E-state index in [9.17, 15) is 4.79 Å². The molecule has 7 nitrogen and oxygen atoms in total. The Labute approximate surface area is 201 Å². The van der Waals surface area contributed by atoms with Gasteiger partial charge in [0.2, 0.25) is 11.7 Å². The van der Waals surface area contributed by atoms with Gasteiger partial charge < -0.3 is 19.5 Å². The first-order valence-electron chi connectivity index (χ1n) is 12.2. The van der Waals surface area contributed by atoms with Gasteiger partial charge in [0.05, 0.1) is 7.11 Å². The number of methoxy groups -OCH3 is 1. The Hall–Kier alpha value is -3.35. The number of ether oxygens (including phenoxy) is 1. The van der Waals surface area contributed by atoms with Crippen LogP contribution in [0.25, 0.3) is 11.4 Å². The van der Waals surface area contributed by atoms with Crippen LogP contribution in [-0.2, 0) is 6.42 Å². The average Bonchev–Trinajstić information content (AvgIpc) is 3.34. The van der Waals surface area contributed by atoms with Crippen LogP contribution in [0.15, 0.2) is 53.1 Å². The topological polar surface area (TPSA) is 80.5 Å². The summed E-state index contributed by atoms with van der Waals surface area (Å²) in [4.78, 5) is 19.8. The summed E-state index contributed by atoms with van der Waals surface area (Å²) in [5.41, 5.74) is 2.90. The van der Waals surface area contributed by atoms with Crippen molar-refractivity contribution >= 4 is 11.7 Å². The molecule has 1 aliphatic carbocycles. The van der Waals surface area contributed by atoms with Crippen LogP contribution in [0.1, 0.15) is 63.3 Å². The van der Waals surface area contributed by atoms with Crippen molar-refractivity contribution in [3.05, 3.63) is 60.0 Å². The lowest BCUT2D eigenvalue weighted by molar-refractivity contribution is 0.166. The molecule has 1 saturated carbocycles. The van der Waals surface area contributed by atoms with Crippen LogP contribution in [-0.4, -0.2) is 40.8 Å². The molecule has 0 spiro atoms. The molecule has 0 radical (unpaired) electrons. The molecule has 3 aromatic rings. The van der Waals surface area contributed by atoms with Gasteiger partial charge in [0.15, 0.2) is 0 Å². The van der Waals surface area contributed by atoms with Gasteiger partial charge in [0.25, 0.3) is 0 Å². The van der Waals surface area contributed by atoms with Crippen molar-refractivity contribution in [2.24, 2.45) is 0 Å². The van der Waals surface area contributed by atoms with E-state index in [2.05, 4.69) is 41.4 Å². The van der Waals surface area contributed by atoms with Gasteiger partial charge >= 0.3 is 6.03 Å². The van der Waals surface area contributed by atoms with E-state index >= 15 is 0 Å². The fourth-order valence-corrected chi connectivity index (χ4v) is 4.44. The van der Waals surface area contributed by atoms with E-state index in [1.54, 1.807) is 7.11 Å². The summed E-state index contributed by atoms with van der Waals surface area (Å²) < 4.78 is 10.8. The number of anilines is 1. The molecule has 0 atom stereocenters. The minimum absolute atomic E-state index is 0.0725. The second-order valence-electron chi connectivity index (χ2n) is 9.19. The number of nitrogens with zero attached hydrogens (tertiary/aromatic N) is 3. The molecule has 1 aromatic heterocycles. The van der Waals surface area contributed by atoms with E-state index in [1.165, 1.54) is 12.0 Å². The molecule has 180 valence electrons. The molecule has 1 aliphatic rings.